The fraction of sp³-hybridized carbons (Fsp3) is 1.00. The summed E-state index contributed by atoms with van der Waals surface area (Å²) in [5.74, 6) is 0. The second-order valence-electron chi connectivity index (χ2n) is 4.73. The molecule has 0 aliphatic carbocycles. The summed E-state index contributed by atoms with van der Waals surface area (Å²) in [6.45, 7) is 13.9. The number of nitrogens with zero attached hydrogens (tertiary/aromatic N) is 2. The van der Waals surface area contributed by atoms with Crippen molar-refractivity contribution in [2.45, 2.75) is 53.0 Å². The van der Waals surface area contributed by atoms with Crippen molar-refractivity contribution in [2.24, 2.45) is 0 Å². The average Bonchev–Trinajstić information content (AvgIpc) is 2.18. The molecule has 0 aliphatic rings. The Hall–Kier alpha value is -0.0800. The van der Waals surface area contributed by atoms with E-state index < -0.39 is 0 Å². The quantitative estimate of drug-likeness (QED) is 0.545. The number of unbranched alkanes of at least 4 members (excludes halogenated alkanes) is 2. The molecule has 0 fully saturated rings. The molecule has 0 radical (unpaired) electrons. The summed E-state index contributed by atoms with van der Waals surface area (Å²) in [4.78, 5) is 4.98. The van der Waals surface area contributed by atoms with Crippen LogP contribution >= 0.6 is 0 Å². The molecule has 0 aromatic heterocycles. The fourth-order valence-electron chi connectivity index (χ4n) is 1.82. The van der Waals surface area contributed by atoms with Gasteiger partial charge in [-0.15, -0.1) is 0 Å². The molecule has 15 heavy (non-hydrogen) atoms. The van der Waals surface area contributed by atoms with Gasteiger partial charge in [0.25, 0.3) is 0 Å². The Kier molecular flexibility index (Phi) is 9.12. The highest BCUT2D eigenvalue weighted by atomic mass is 15.2. The molecule has 0 rings (SSSR count). The van der Waals surface area contributed by atoms with Crippen molar-refractivity contribution < 1.29 is 0 Å². The first kappa shape index (κ1) is 14.9. The molecule has 0 bridgehead atoms. The Labute approximate surface area is 96.6 Å². The minimum Gasteiger partial charge on any atom is -0.305 e. The molecule has 92 valence electrons. The lowest BCUT2D eigenvalue weighted by Gasteiger charge is -2.27. The molecule has 0 saturated carbocycles. The average molecular weight is 214 g/mol. The molecule has 0 N–H and O–H groups in total. The minimum absolute atomic E-state index is 0.680. The van der Waals surface area contributed by atoms with Crippen LogP contribution in [-0.2, 0) is 0 Å². The SMILES string of the molecule is CCCCCN(C)CCN(CC)C(C)C. The Morgan fingerprint density at radius 3 is 2.07 bits per heavy atom. The van der Waals surface area contributed by atoms with E-state index in [2.05, 4.69) is 44.5 Å². The van der Waals surface area contributed by atoms with Crippen molar-refractivity contribution in [2.75, 3.05) is 33.2 Å². The van der Waals surface area contributed by atoms with E-state index in [4.69, 9.17) is 0 Å². The topological polar surface area (TPSA) is 6.48 Å². The molecular formula is C13H30N2. The lowest BCUT2D eigenvalue weighted by molar-refractivity contribution is 0.196. The van der Waals surface area contributed by atoms with Gasteiger partial charge in [-0.3, -0.25) is 4.90 Å². The highest BCUT2D eigenvalue weighted by Gasteiger charge is 2.07. The number of hydrogen-bond acceptors (Lipinski definition) is 2. The standard InChI is InChI=1S/C13H30N2/c1-6-8-9-10-14(5)11-12-15(7-2)13(3)4/h13H,6-12H2,1-5H3. The molecule has 0 heterocycles. The van der Waals surface area contributed by atoms with Crippen LogP contribution in [0.1, 0.15) is 47.0 Å². The second kappa shape index (κ2) is 9.17. The molecule has 0 aromatic rings. The molecular weight excluding hydrogens is 184 g/mol. The maximum atomic E-state index is 2.52. The van der Waals surface area contributed by atoms with Crippen LogP contribution in [-0.4, -0.2) is 49.1 Å². The summed E-state index contributed by atoms with van der Waals surface area (Å²) in [5.41, 5.74) is 0. The van der Waals surface area contributed by atoms with Crippen LogP contribution in [0.3, 0.4) is 0 Å². The first-order valence-corrected chi connectivity index (χ1v) is 6.54. The van der Waals surface area contributed by atoms with Gasteiger partial charge in [0.1, 0.15) is 0 Å². The smallest absolute Gasteiger partial charge is 0.0112 e. The van der Waals surface area contributed by atoms with E-state index in [1.54, 1.807) is 0 Å². The van der Waals surface area contributed by atoms with Gasteiger partial charge in [0.2, 0.25) is 0 Å². The number of rotatable bonds is 9. The lowest BCUT2D eigenvalue weighted by atomic mass is 10.2. The van der Waals surface area contributed by atoms with Crippen LogP contribution in [0.5, 0.6) is 0 Å². The third-order valence-corrected chi connectivity index (χ3v) is 3.05. The first-order valence-electron chi connectivity index (χ1n) is 6.54. The molecule has 2 nitrogen and oxygen atoms in total. The van der Waals surface area contributed by atoms with Gasteiger partial charge >= 0.3 is 0 Å². The first-order chi connectivity index (χ1) is 7.11. The number of hydrogen-bond donors (Lipinski definition) is 0. The largest absolute Gasteiger partial charge is 0.305 e. The Morgan fingerprint density at radius 2 is 1.60 bits per heavy atom. The fourth-order valence-corrected chi connectivity index (χ4v) is 1.82. The summed E-state index contributed by atoms with van der Waals surface area (Å²) in [6, 6.07) is 0.680. The molecule has 0 spiro atoms. The van der Waals surface area contributed by atoms with Crippen molar-refractivity contribution in [1.82, 2.24) is 9.80 Å². The highest BCUT2D eigenvalue weighted by Crippen LogP contribution is 1.99. The van der Waals surface area contributed by atoms with Crippen LogP contribution < -0.4 is 0 Å². The van der Waals surface area contributed by atoms with Crippen LogP contribution in [0.15, 0.2) is 0 Å². The zero-order valence-corrected chi connectivity index (χ0v) is 11.4. The van der Waals surface area contributed by atoms with Gasteiger partial charge in [0.15, 0.2) is 0 Å². The van der Waals surface area contributed by atoms with Crippen LogP contribution in [0.2, 0.25) is 0 Å². The van der Waals surface area contributed by atoms with E-state index >= 15 is 0 Å². The van der Waals surface area contributed by atoms with Crippen molar-refractivity contribution >= 4 is 0 Å². The van der Waals surface area contributed by atoms with Gasteiger partial charge in [-0.25, -0.2) is 0 Å². The van der Waals surface area contributed by atoms with Crippen LogP contribution in [0.4, 0.5) is 0 Å². The Bertz CT molecular complexity index is 134. The summed E-state index contributed by atoms with van der Waals surface area (Å²) >= 11 is 0. The van der Waals surface area contributed by atoms with Gasteiger partial charge in [-0.1, -0.05) is 26.7 Å². The maximum Gasteiger partial charge on any atom is 0.0112 e. The zero-order valence-electron chi connectivity index (χ0n) is 11.4. The van der Waals surface area contributed by atoms with E-state index in [0.29, 0.717) is 6.04 Å². The predicted octanol–water partition coefficient (Wildman–Crippen LogP) is 2.84. The van der Waals surface area contributed by atoms with Crippen molar-refractivity contribution in [3.05, 3.63) is 0 Å². The maximum absolute atomic E-state index is 2.52. The van der Waals surface area contributed by atoms with Gasteiger partial charge in [0, 0.05) is 19.1 Å². The second-order valence-corrected chi connectivity index (χ2v) is 4.73. The Morgan fingerprint density at radius 1 is 0.933 bits per heavy atom. The van der Waals surface area contributed by atoms with Gasteiger partial charge in [0.05, 0.1) is 0 Å². The van der Waals surface area contributed by atoms with Crippen molar-refractivity contribution in [3.8, 4) is 0 Å². The molecule has 0 saturated heterocycles. The molecule has 0 amide bonds. The van der Waals surface area contributed by atoms with Gasteiger partial charge < -0.3 is 4.90 Å². The van der Waals surface area contributed by atoms with Gasteiger partial charge in [-0.05, 0) is 40.4 Å². The van der Waals surface area contributed by atoms with E-state index in [9.17, 15) is 0 Å². The van der Waals surface area contributed by atoms with Crippen molar-refractivity contribution in [3.63, 3.8) is 0 Å². The lowest BCUT2D eigenvalue weighted by Crippen LogP contribution is -2.37. The minimum atomic E-state index is 0.680. The summed E-state index contributed by atoms with van der Waals surface area (Å²) in [7, 11) is 2.24. The van der Waals surface area contributed by atoms with Crippen molar-refractivity contribution in [1.29, 1.82) is 0 Å². The number of likely N-dealkylation sites (N-methyl/N-ethyl adjacent to an activating group) is 2. The molecule has 0 atom stereocenters. The molecule has 0 unspecified atom stereocenters. The summed E-state index contributed by atoms with van der Waals surface area (Å²) < 4.78 is 0. The third-order valence-electron chi connectivity index (χ3n) is 3.05. The molecule has 0 aromatic carbocycles. The van der Waals surface area contributed by atoms with E-state index in [-0.39, 0.29) is 0 Å². The predicted molar refractivity (Wildman–Crippen MR) is 69.4 cm³/mol. The van der Waals surface area contributed by atoms with Gasteiger partial charge in [-0.2, -0.15) is 0 Å². The molecule has 0 aliphatic heterocycles. The van der Waals surface area contributed by atoms with Crippen LogP contribution in [0, 0.1) is 0 Å². The monoisotopic (exact) mass is 214 g/mol. The van der Waals surface area contributed by atoms with E-state index in [1.807, 2.05) is 0 Å². The Balaban J connectivity index is 3.54. The molecule has 2 heteroatoms. The summed E-state index contributed by atoms with van der Waals surface area (Å²) in [6.07, 6.45) is 4.04. The highest BCUT2D eigenvalue weighted by molar-refractivity contribution is 4.63. The third kappa shape index (κ3) is 7.80. The van der Waals surface area contributed by atoms with Crippen LogP contribution in [0.25, 0.3) is 0 Å². The normalized spacial score (nSPS) is 12.0. The summed E-state index contributed by atoms with van der Waals surface area (Å²) in [5, 5.41) is 0. The van der Waals surface area contributed by atoms with E-state index in [0.717, 1.165) is 0 Å². The van der Waals surface area contributed by atoms with E-state index in [1.165, 1.54) is 45.4 Å². The zero-order chi connectivity index (χ0) is 11.7.